The number of aryl methyl sites for hydroxylation is 1. The average molecular weight is 475 g/mol. The van der Waals surface area contributed by atoms with E-state index in [-0.39, 0.29) is 12.1 Å². The molecule has 0 aliphatic carbocycles. The maximum absolute atomic E-state index is 13.0. The van der Waals surface area contributed by atoms with E-state index in [2.05, 4.69) is 25.3 Å². The zero-order valence-electron chi connectivity index (χ0n) is 17.0. The molecule has 4 amide bonds. The highest BCUT2D eigenvalue weighted by atomic mass is 32.1. The van der Waals surface area contributed by atoms with E-state index in [1.54, 1.807) is 30.5 Å². The number of hydrogen-bond acceptors (Lipinski definition) is 6. The Morgan fingerprint density at radius 1 is 1.18 bits per heavy atom. The van der Waals surface area contributed by atoms with Crippen molar-refractivity contribution in [3.05, 3.63) is 70.5 Å². The Hall–Kier alpha value is -3.80. The summed E-state index contributed by atoms with van der Waals surface area (Å²) < 4.78 is 42.6. The van der Waals surface area contributed by atoms with Gasteiger partial charge in [-0.15, -0.1) is 0 Å². The number of aromatic nitrogens is 2. The summed E-state index contributed by atoms with van der Waals surface area (Å²) >= 11 is 1.11. The molecule has 170 valence electrons. The molecule has 2 aromatic heterocycles. The predicted molar refractivity (Wildman–Crippen MR) is 112 cm³/mol. The van der Waals surface area contributed by atoms with Crippen molar-refractivity contribution in [2.45, 2.75) is 18.6 Å². The van der Waals surface area contributed by atoms with Crippen LogP contribution in [0.2, 0.25) is 0 Å². The molecule has 3 N–H and O–H groups in total. The lowest BCUT2D eigenvalue weighted by atomic mass is 9.90. The van der Waals surface area contributed by atoms with Crippen LogP contribution in [0.3, 0.4) is 0 Å². The van der Waals surface area contributed by atoms with Crippen LogP contribution >= 0.6 is 11.5 Å². The maximum atomic E-state index is 13.0. The summed E-state index contributed by atoms with van der Waals surface area (Å²) in [7, 11) is 0. The Morgan fingerprint density at radius 2 is 1.94 bits per heavy atom. The minimum absolute atomic E-state index is 0.166. The van der Waals surface area contributed by atoms with Gasteiger partial charge in [0.2, 0.25) is 0 Å². The number of pyridine rings is 1. The number of carbonyl (C=O) groups is 3. The van der Waals surface area contributed by atoms with Crippen LogP contribution in [-0.2, 0) is 16.5 Å². The zero-order valence-corrected chi connectivity index (χ0v) is 17.8. The van der Waals surface area contributed by atoms with Crippen LogP contribution in [0.15, 0.2) is 48.0 Å². The van der Waals surface area contributed by atoms with E-state index in [9.17, 15) is 27.6 Å². The summed E-state index contributed by atoms with van der Waals surface area (Å²) in [6, 6.07) is 7.68. The number of benzene rings is 1. The quantitative estimate of drug-likeness (QED) is 0.491. The van der Waals surface area contributed by atoms with Gasteiger partial charge in [-0.25, -0.2) is 4.79 Å². The first-order valence-electron chi connectivity index (χ1n) is 9.58. The molecular weight excluding hydrogens is 459 g/mol. The summed E-state index contributed by atoms with van der Waals surface area (Å²) in [5.74, 6) is -1.21. The van der Waals surface area contributed by atoms with Crippen molar-refractivity contribution in [3.63, 3.8) is 0 Å². The third-order valence-corrected chi connectivity index (χ3v) is 5.92. The Kier molecular flexibility index (Phi) is 5.62. The van der Waals surface area contributed by atoms with Crippen molar-refractivity contribution in [1.29, 1.82) is 0 Å². The maximum Gasteiger partial charge on any atom is 0.433 e. The molecule has 3 aromatic rings. The highest BCUT2D eigenvalue weighted by Gasteiger charge is 2.49. The van der Waals surface area contributed by atoms with Crippen molar-refractivity contribution < 1.29 is 27.6 Å². The van der Waals surface area contributed by atoms with Gasteiger partial charge in [0.25, 0.3) is 11.8 Å². The van der Waals surface area contributed by atoms with Gasteiger partial charge in [0.15, 0.2) is 5.54 Å². The van der Waals surface area contributed by atoms with Crippen LogP contribution in [-0.4, -0.2) is 33.7 Å². The van der Waals surface area contributed by atoms with E-state index in [4.69, 9.17) is 0 Å². The summed E-state index contributed by atoms with van der Waals surface area (Å²) in [5, 5.41) is 9.02. The number of rotatable bonds is 5. The Bertz CT molecular complexity index is 1240. The normalized spacial score (nSPS) is 18.1. The Labute approximate surface area is 189 Å². The van der Waals surface area contributed by atoms with Gasteiger partial charge in [0.05, 0.1) is 12.2 Å². The number of nitrogens with zero attached hydrogens (tertiary/aromatic N) is 2. The van der Waals surface area contributed by atoms with Crippen molar-refractivity contribution in [2.24, 2.45) is 0 Å². The molecule has 0 radical (unpaired) electrons. The van der Waals surface area contributed by atoms with Gasteiger partial charge < -0.3 is 10.6 Å². The van der Waals surface area contributed by atoms with E-state index >= 15 is 0 Å². The summed E-state index contributed by atoms with van der Waals surface area (Å²) in [4.78, 5) is 41.0. The largest absolute Gasteiger partial charge is 0.433 e. The molecule has 4 rings (SSSR count). The molecule has 0 unspecified atom stereocenters. The van der Waals surface area contributed by atoms with Crippen LogP contribution < -0.4 is 16.0 Å². The Morgan fingerprint density at radius 3 is 2.52 bits per heavy atom. The summed E-state index contributed by atoms with van der Waals surface area (Å²) in [5.41, 5.74) is -0.753. The standard InChI is InChI=1S/C21H16F3N5O3S/c1-11-15(9-33-29-11)20(18(31)27-19(32)28-20)10-26-17(30)14-5-3-2-4-13(14)12-6-7-16(25-8-12)21(22,23)24/h2-9H,10H2,1H3,(H,26,30)(H2,27,28,31,32)/t20-/m0/s1. The molecule has 0 bridgehead atoms. The number of nitrogens with one attached hydrogen (secondary N) is 3. The van der Waals surface area contributed by atoms with E-state index < -0.39 is 35.3 Å². The van der Waals surface area contributed by atoms with Crippen molar-refractivity contribution in [3.8, 4) is 11.1 Å². The van der Waals surface area contributed by atoms with E-state index in [1.807, 2.05) is 0 Å². The molecule has 0 saturated carbocycles. The molecule has 33 heavy (non-hydrogen) atoms. The van der Waals surface area contributed by atoms with Gasteiger partial charge in [-0.05, 0) is 36.2 Å². The molecule has 1 fully saturated rings. The molecule has 12 heteroatoms. The van der Waals surface area contributed by atoms with Gasteiger partial charge >= 0.3 is 12.2 Å². The second-order valence-corrected chi connectivity index (χ2v) is 7.91. The molecular formula is C21H16F3N5O3S. The second-order valence-electron chi connectivity index (χ2n) is 7.29. The summed E-state index contributed by atoms with van der Waals surface area (Å²) in [6.45, 7) is 1.42. The fraction of sp³-hybridized carbons (Fsp3) is 0.190. The van der Waals surface area contributed by atoms with E-state index in [0.29, 0.717) is 22.4 Å². The van der Waals surface area contributed by atoms with Crippen LogP contribution in [0.25, 0.3) is 11.1 Å². The van der Waals surface area contributed by atoms with E-state index in [1.165, 1.54) is 12.1 Å². The molecule has 0 spiro atoms. The lowest BCUT2D eigenvalue weighted by Crippen LogP contribution is -2.52. The topological polar surface area (TPSA) is 113 Å². The molecule has 1 aliphatic heterocycles. The number of hydrogen-bond donors (Lipinski definition) is 3. The lowest BCUT2D eigenvalue weighted by molar-refractivity contribution is -0.141. The number of carbonyl (C=O) groups excluding carboxylic acids is 3. The highest BCUT2D eigenvalue weighted by molar-refractivity contribution is 7.03. The number of imide groups is 1. The van der Waals surface area contributed by atoms with Crippen LogP contribution in [0.1, 0.15) is 27.3 Å². The van der Waals surface area contributed by atoms with Gasteiger partial charge in [-0.3, -0.25) is 19.9 Å². The molecule has 8 nitrogen and oxygen atoms in total. The van der Waals surface area contributed by atoms with Crippen LogP contribution in [0.5, 0.6) is 0 Å². The van der Waals surface area contributed by atoms with E-state index in [0.717, 1.165) is 23.8 Å². The van der Waals surface area contributed by atoms with Crippen molar-refractivity contribution in [1.82, 2.24) is 25.3 Å². The predicted octanol–water partition coefficient (Wildman–Crippen LogP) is 3.00. The SMILES string of the molecule is Cc1nscc1[C@]1(CNC(=O)c2ccccc2-c2ccc(C(F)(F)F)nc2)NC(=O)NC1=O. The number of halogens is 3. The first kappa shape index (κ1) is 22.4. The smallest absolute Gasteiger partial charge is 0.349 e. The third-order valence-electron chi connectivity index (χ3n) is 5.20. The first-order chi connectivity index (χ1) is 15.6. The van der Waals surface area contributed by atoms with Gasteiger partial charge in [0, 0.05) is 28.3 Å². The minimum Gasteiger partial charge on any atom is -0.349 e. The van der Waals surface area contributed by atoms with Gasteiger partial charge in [-0.1, -0.05) is 24.3 Å². The van der Waals surface area contributed by atoms with Crippen molar-refractivity contribution in [2.75, 3.05) is 6.54 Å². The van der Waals surface area contributed by atoms with Gasteiger partial charge in [0.1, 0.15) is 5.69 Å². The van der Waals surface area contributed by atoms with Crippen molar-refractivity contribution >= 4 is 29.4 Å². The summed E-state index contributed by atoms with van der Waals surface area (Å²) in [6.07, 6.45) is -3.54. The fourth-order valence-electron chi connectivity index (χ4n) is 3.56. The highest BCUT2D eigenvalue weighted by Crippen LogP contribution is 2.31. The molecule has 1 aliphatic rings. The number of alkyl halides is 3. The number of urea groups is 1. The van der Waals surface area contributed by atoms with Gasteiger partial charge in [-0.2, -0.15) is 17.5 Å². The minimum atomic E-state index is -4.58. The molecule has 1 atom stereocenters. The third kappa shape index (κ3) is 4.16. The average Bonchev–Trinajstić information content (AvgIpc) is 3.34. The van der Waals surface area contributed by atoms with Crippen LogP contribution in [0.4, 0.5) is 18.0 Å². The number of amides is 4. The Balaban J connectivity index is 1.61. The second kappa shape index (κ2) is 8.28. The molecule has 1 aromatic carbocycles. The monoisotopic (exact) mass is 475 g/mol. The van der Waals surface area contributed by atoms with Crippen LogP contribution in [0, 0.1) is 6.92 Å². The first-order valence-corrected chi connectivity index (χ1v) is 10.4. The lowest BCUT2D eigenvalue weighted by Gasteiger charge is -2.26. The fourth-order valence-corrected chi connectivity index (χ4v) is 4.35. The zero-order chi connectivity index (χ0) is 23.8. The molecule has 1 saturated heterocycles. The molecule has 3 heterocycles.